The Balaban J connectivity index is 2.34. The predicted octanol–water partition coefficient (Wildman–Crippen LogP) is 4.43. The van der Waals surface area contributed by atoms with Crippen molar-refractivity contribution in [2.24, 2.45) is 10.8 Å². The molecule has 18 heavy (non-hydrogen) atoms. The van der Waals surface area contributed by atoms with Crippen LogP contribution in [-0.2, 0) is 0 Å². The van der Waals surface area contributed by atoms with Gasteiger partial charge in [0.1, 0.15) is 0 Å². The summed E-state index contributed by atoms with van der Waals surface area (Å²) in [7, 11) is 0. The first-order valence-corrected chi connectivity index (χ1v) is 7.42. The second-order valence-corrected chi connectivity index (χ2v) is 8.02. The fourth-order valence-corrected chi connectivity index (χ4v) is 3.87. The van der Waals surface area contributed by atoms with Crippen LogP contribution in [0.2, 0.25) is 0 Å². The molecule has 1 fully saturated rings. The number of halogens is 3. The number of hydrogen-bond acceptors (Lipinski definition) is 2. The first kappa shape index (κ1) is 16.2. The molecule has 1 aliphatic rings. The van der Waals surface area contributed by atoms with Crippen LogP contribution >= 0.6 is 11.8 Å². The lowest BCUT2D eigenvalue weighted by atomic mass is 9.63. The van der Waals surface area contributed by atoms with Gasteiger partial charge in [0.2, 0.25) is 0 Å². The standard InChI is InChI=1S/C13H24F3NS/c1-11(2)7-10(8-12(3,4)9-11)17-5-6-18-13(14,15)16/h10,17H,5-9H2,1-4H3. The van der Waals surface area contributed by atoms with E-state index in [9.17, 15) is 13.2 Å². The Bertz CT molecular complexity index is 258. The minimum absolute atomic E-state index is 0.0594. The quantitative estimate of drug-likeness (QED) is 0.766. The normalized spacial score (nSPS) is 24.2. The molecule has 0 heterocycles. The molecular formula is C13H24F3NS. The highest BCUT2D eigenvalue weighted by Crippen LogP contribution is 2.45. The van der Waals surface area contributed by atoms with E-state index in [-0.39, 0.29) is 28.3 Å². The van der Waals surface area contributed by atoms with E-state index < -0.39 is 5.51 Å². The monoisotopic (exact) mass is 283 g/mol. The third-order valence-corrected chi connectivity index (χ3v) is 4.09. The molecule has 1 N–H and O–H groups in total. The van der Waals surface area contributed by atoms with E-state index >= 15 is 0 Å². The van der Waals surface area contributed by atoms with Gasteiger partial charge in [-0.2, -0.15) is 13.2 Å². The molecule has 0 amide bonds. The number of alkyl halides is 3. The van der Waals surface area contributed by atoms with Gasteiger partial charge in [0, 0.05) is 18.3 Å². The van der Waals surface area contributed by atoms with Crippen molar-refractivity contribution < 1.29 is 13.2 Å². The highest BCUT2D eigenvalue weighted by atomic mass is 32.2. The summed E-state index contributed by atoms with van der Waals surface area (Å²) >= 11 is 0.0594. The lowest BCUT2D eigenvalue weighted by molar-refractivity contribution is -0.0328. The lowest BCUT2D eigenvalue weighted by Crippen LogP contribution is -2.44. The molecule has 0 aliphatic heterocycles. The van der Waals surface area contributed by atoms with E-state index in [0.717, 1.165) is 12.8 Å². The molecular weight excluding hydrogens is 259 g/mol. The van der Waals surface area contributed by atoms with Crippen molar-refractivity contribution in [1.82, 2.24) is 5.32 Å². The average Bonchev–Trinajstić information content (AvgIpc) is 2.05. The summed E-state index contributed by atoms with van der Waals surface area (Å²) in [5.74, 6) is 0.0981. The maximum absolute atomic E-state index is 12.0. The van der Waals surface area contributed by atoms with Gasteiger partial charge in [-0.15, -0.1) is 0 Å². The van der Waals surface area contributed by atoms with Gasteiger partial charge in [-0.1, -0.05) is 27.7 Å². The number of hydrogen-bond donors (Lipinski definition) is 1. The number of nitrogens with one attached hydrogen (secondary N) is 1. The number of rotatable bonds is 4. The number of thioether (sulfide) groups is 1. The van der Waals surface area contributed by atoms with Gasteiger partial charge in [0.05, 0.1) is 0 Å². The fraction of sp³-hybridized carbons (Fsp3) is 1.00. The van der Waals surface area contributed by atoms with Crippen molar-refractivity contribution in [1.29, 1.82) is 0 Å². The minimum Gasteiger partial charge on any atom is -0.313 e. The maximum atomic E-state index is 12.0. The molecule has 0 aromatic rings. The van der Waals surface area contributed by atoms with E-state index in [1.165, 1.54) is 6.42 Å². The first-order valence-electron chi connectivity index (χ1n) is 6.43. The van der Waals surface area contributed by atoms with Gasteiger partial charge >= 0.3 is 5.51 Å². The molecule has 0 aromatic heterocycles. The Morgan fingerprint density at radius 1 is 1.11 bits per heavy atom. The Morgan fingerprint density at radius 2 is 1.61 bits per heavy atom. The van der Waals surface area contributed by atoms with Crippen LogP contribution in [-0.4, -0.2) is 23.8 Å². The topological polar surface area (TPSA) is 12.0 Å². The maximum Gasteiger partial charge on any atom is 0.441 e. The summed E-state index contributed by atoms with van der Waals surface area (Å²) in [6, 6.07) is 0.345. The van der Waals surface area contributed by atoms with Crippen LogP contribution in [0.4, 0.5) is 13.2 Å². The van der Waals surface area contributed by atoms with Gasteiger partial charge in [0.25, 0.3) is 0 Å². The molecule has 0 saturated heterocycles. The largest absolute Gasteiger partial charge is 0.441 e. The predicted molar refractivity (Wildman–Crippen MR) is 71.7 cm³/mol. The van der Waals surface area contributed by atoms with Crippen LogP contribution in [0.15, 0.2) is 0 Å². The summed E-state index contributed by atoms with van der Waals surface area (Å²) in [5.41, 5.74) is -3.56. The van der Waals surface area contributed by atoms with Crippen LogP contribution in [0.25, 0.3) is 0 Å². The molecule has 0 spiro atoms. The van der Waals surface area contributed by atoms with Crippen molar-refractivity contribution in [2.75, 3.05) is 12.3 Å². The average molecular weight is 283 g/mol. The molecule has 0 unspecified atom stereocenters. The highest BCUT2D eigenvalue weighted by Gasteiger charge is 2.38. The smallest absolute Gasteiger partial charge is 0.313 e. The summed E-state index contributed by atoms with van der Waals surface area (Å²) in [6.45, 7) is 9.40. The zero-order chi connectivity index (χ0) is 14.0. The molecule has 0 bridgehead atoms. The van der Waals surface area contributed by atoms with Crippen molar-refractivity contribution >= 4 is 11.8 Å². The Hall–Kier alpha value is 0.100. The van der Waals surface area contributed by atoms with Crippen LogP contribution in [0.5, 0.6) is 0 Å². The van der Waals surface area contributed by atoms with Crippen LogP contribution in [0.1, 0.15) is 47.0 Å². The lowest BCUT2D eigenvalue weighted by Gasteiger charge is -2.45. The van der Waals surface area contributed by atoms with Crippen molar-refractivity contribution in [2.45, 2.75) is 58.5 Å². The molecule has 108 valence electrons. The zero-order valence-electron chi connectivity index (χ0n) is 11.7. The minimum atomic E-state index is -4.10. The summed E-state index contributed by atoms with van der Waals surface area (Å²) in [5, 5.41) is 3.28. The van der Waals surface area contributed by atoms with E-state index in [1.807, 2.05) is 0 Å². The van der Waals surface area contributed by atoms with Gasteiger partial charge in [-0.3, -0.25) is 0 Å². The van der Waals surface area contributed by atoms with E-state index in [1.54, 1.807) is 0 Å². The van der Waals surface area contributed by atoms with Gasteiger partial charge in [0.15, 0.2) is 0 Å². The molecule has 1 aliphatic carbocycles. The first-order chi connectivity index (χ1) is 7.99. The SMILES string of the molecule is CC1(C)CC(NCCSC(F)(F)F)CC(C)(C)C1. The Kier molecular flexibility index (Phi) is 5.04. The fourth-order valence-electron chi connectivity index (χ4n) is 3.42. The van der Waals surface area contributed by atoms with E-state index in [0.29, 0.717) is 12.6 Å². The molecule has 0 aromatic carbocycles. The van der Waals surface area contributed by atoms with E-state index in [4.69, 9.17) is 0 Å². The highest BCUT2D eigenvalue weighted by molar-refractivity contribution is 8.00. The third kappa shape index (κ3) is 6.32. The summed E-state index contributed by atoms with van der Waals surface area (Å²) in [4.78, 5) is 0. The van der Waals surface area contributed by atoms with Crippen molar-refractivity contribution in [3.8, 4) is 0 Å². The van der Waals surface area contributed by atoms with Crippen LogP contribution in [0, 0.1) is 10.8 Å². The van der Waals surface area contributed by atoms with Crippen LogP contribution < -0.4 is 5.32 Å². The van der Waals surface area contributed by atoms with Crippen LogP contribution in [0.3, 0.4) is 0 Å². The molecule has 0 atom stereocenters. The summed E-state index contributed by atoms with van der Waals surface area (Å²) in [6.07, 6.45) is 3.27. The molecule has 5 heteroatoms. The van der Waals surface area contributed by atoms with Gasteiger partial charge in [-0.25, -0.2) is 0 Å². The van der Waals surface area contributed by atoms with Crippen molar-refractivity contribution in [3.63, 3.8) is 0 Å². The Morgan fingerprint density at radius 3 is 2.06 bits per heavy atom. The van der Waals surface area contributed by atoms with E-state index in [2.05, 4.69) is 33.0 Å². The summed E-state index contributed by atoms with van der Waals surface area (Å²) < 4.78 is 36.0. The van der Waals surface area contributed by atoms with Crippen molar-refractivity contribution in [3.05, 3.63) is 0 Å². The Labute approximate surface area is 112 Å². The molecule has 0 radical (unpaired) electrons. The molecule has 1 nitrogen and oxygen atoms in total. The van der Waals surface area contributed by atoms with Gasteiger partial charge < -0.3 is 5.32 Å². The van der Waals surface area contributed by atoms with Gasteiger partial charge in [-0.05, 0) is 41.9 Å². The molecule has 1 saturated carbocycles. The molecule has 1 rings (SSSR count). The zero-order valence-corrected chi connectivity index (χ0v) is 12.5. The second kappa shape index (κ2) is 5.61. The third-order valence-electron chi connectivity index (χ3n) is 3.36. The second-order valence-electron chi connectivity index (χ2n) is 6.86.